The van der Waals surface area contributed by atoms with E-state index in [2.05, 4.69) is 33.8 Å². The molecule has 1 aliphatic heterocycles. The molecule has 1 aromatic heterocycles. The molecule has 0 amide bonds. The summed E-state index contributed by atoms with van der Waals surface area (Å²) >= 11 is 1.41. The third-order valence-electron chi connectivity index (χ3n) is 4.34. The van der Waals surface area contributed by atoms with Crippen LogP contribution in [0.3, 0.4) is 0 Å². The average Bonchev–Trinajstić information content (AvgIpc) is 3.32. The Morgan fingerprint density at radius 2 is 1.93 bits per heavy atom. The monoisotopic (exact) mass is 381 g/mol. The molecule has 1 aliphatic rings. The van der Waals surface area contributed by atoms with Crippen LogP contribution in [0, 0.1) is 0 Å². The molecular weight excluding hydrogens is 362 g/mol. The number of thioether (sulfide) groups is 1. The van der Waals surface area contributed by atoms with Gasteiger partial charge in [-0.05, 0) is 30.7 Å². The summed E-state index contributed by atoms with van der Waals surface area (Å²) < 4.78 is 12.7. The molecule has 0 unspecified atom stereocenters. The molecule has 27 heavy (non-hydrogen) atoms. The van der Waals surface area contributed by atoms with Crippen LogP contribution >= 0.6 is 11.8 Å². The summed E-state index contributed by atoms with van der Waals surface area (Å²) in [4.78, 5) is 12.5. The summed E-state index contributed by atoms with van der Waals surface area (Å²) in [5.41, 5.74) is 1.80. The SMILES string of the molecule is CCn1c(Cc2ccccc2)nnc1SCC(=O)c1ccc2c(c1)OCO2. The lowest BCUT2D eigenvalue weighted by Crippen LogP contribution is -2.07. The highest BCUT2D eigenvalue weighted by molar-refractivity contribution is 7.99. The predicted molar refractivity (Wildman–Crippen MR) is 103 cm³/mol. The Morgan fingerprint density at radius 1 is 1.11 bits per heavy atom. The first-order valence-corrected chi connectivity index (χ1v) is 9.75. The first-order chi connectivity index (χ1) is 13.2. The van der Waals surface area contributed by atoms with Crippen LogP contribution < -0.4 is 9.47 Å². The van der Waals surface area contributed by atoms with Gasteiger partial charge in [0.05, 0.1) is 5.75 Å². The number of benzene rings is 2. The van der Waals surface area contributed by atoms with Gasteiger partial charge in [-0.15, -0.1) is 10.2 Å². The first-order valence-electron chi connectivity index (χ1n) is 8.76. The summed E-state index contributed by atoms with van der Waals surface area (Å²) in [5, 5.41) is 9.37. The number of rotatable bonds is 7. The van der Waals surface area contributed by atoms with Crippen molar-refractivity contribution < 1.29 is 14.3 Å². The number of carbonyl (C=O) groups is 1. The largest absolute Gasteiger partial charge is 0.454 e. The van der Waals surface area contributed by atoms with Gasteiger partial charge in [-0.2, -0.15) is 0 Å². The number of Topliss-reactive ketones (excluding diaryl/α,β-unsaturated/α-hetero) is 1. The van der Waals surface area contributed by atoms with Crippen LogP contribution in [0.1, 0.15) is 28.7 Å². The van der Waals surface area contributed by atoms with Crippen LogP contribution in [0.15, 0.2) is 53.7 Å². The lowest BCUT2D eigenvalue weighted by molar-refractivity contribution is 0.102. The van der Waals surface area contributed by atoms with Gasteiger partial charge < -0.3 is 14.0 Å². The van der Waals surface area contributed by atoms with Gasteiger partial charge in [-0.25, -0.2) is 0 Å². The molecule has 6 nitrogen and oxygen atoms in total. The number of hydrogen-bond donors (Lipinski definition) is 0. The quantitative estimate of drug-likeness (QED) is 0.460. The second-order valence-corrected chi connectivity index (χ2v) is 7.03. The van der Waals surface area contributed by atoms with E-state index in [1.807, 2.05) is 18.2 Å². The van der Waals surface area contributed by atoms with Crippen molar-refractivity contribution in [3.8, 4) is 11.5 Å². The Hall–Kier alpha value is -2.80. The number of ketones is 1. The second-order valence-electron chi connectivity index (χ2n) is 6.09. The maximum atomic E-state index is 12.5. The Balaban J connectivity index is 1.44. The number of aromatic nitrogens is 3. The fourth-order valence-corrected chi connectivity index (χ4v) is 3.85. The summed E-state index contributed by atoms with van der Waals surface area (Å²) in [5.74, 6) is 2.52. The Kier molecular flexibility index (Phi) is 5.11. The maximum absolute atomic E-state index is 12.5. The molecule has 0 aliphatic carbocycles. The van der Waals surface area contributed by atoms with Crippen molar-refractivity contribution >= 4 is 17.5 Å². The normalized spacial score (nSPS) is 12.3. The smallest absolute Gasteiger partial charge is 0.231 e. The second kappa shape index (κ2) is 7.84. The number of nitrogens with zero attached hydrogens (tertiary/aromatic N) is 3. The van der Waals surface area contributed by atoms with Gasteiger partial charge in [0.1, 0.15) is 5.82 Å². The van der Waals surface area contributed by atoms with E-state index in [0.717, 1.165) is 23.9 Å². The standard InChI is InChI=1S/C20H19N3O3S/c1-2-23-19(10-14-6-4-3-5-7-14)21-22-20(23)27-12-16(24)15-8-9-17-18(11-15)26-13-25-17/h3-9,11H,2,10,12-13H2,1H3. The summed E-state index contributed by atoms with van der Waals surface area (Å²) in [6.07, 6.45) is 0.721. The molecule has 2 heterocycles. The molecule has 0 bridgehead atoms. The van der Waals surface area contributed by atoms with Gasteiger partial charge in [0.25, 0.3) is 0 Å². The van der Waals surface area contributed by atoms with E-state index in [1.54, 1.807) is 18.2 Å². The van der Waals surface area contributed by atoms with E-state index >= 15 is 0 Å². The number of carbonyl (C=O) groups excluding carboxylic acids is 1. The number of hydrogen-bond acceptors (Lipinski definition) is 6. The number of fused-ring (bicyclic) bond motifs is 1. The Labute approximate surface area is 161 Å². The van der Waals surface area contributed by atoms with E-state index in [4.69, 9.17) is 9.47 Å². The fraction of sp³-hybridized carbons (Fsp3) is 0.250. The molecule has 0 radical (unpaired) electrons. The van der Waals surface area contributed by atoms with E-state index < -0.39 is 0 Å². The molecule has 0 saturated heterocycles. The van der Waals surface area contributed by atoms with Gasteiger partial charge in [0.2, 0.25) is 6.79 Å². The van der Waals surface area contributed by atoms with Gasteiger partial charge in [-0.1, -0.05) is 42.1 Å². The first kappa shape index (κ1) is 17.6. The molecular formula is C20H19N3O3S. The van der Waals surface area contributed by atoms with Crippen molar-refractivity contribution in [3.63, 3.8) is 0 Å². The number of ether oxygens (including phenoxy) is 2. The fourth-order valence-electron chi connectivity index (χ4n) is 2.94. The Bertz CT molecular complexity index is 956. The van der Waals surface area contributed by atoms with E-state index in [1.165, 1.54) is 17.3 Å². The van der Waals surface area contributed by atoms with Crippen LogP contribution in [0.4, 0.5) is 0 Å². The van der Waals surface area contributed by atoms with E-state index in [0.29, 0.717) is 22.8 Å². The Morgan fingerprint density at radius 3 is 2.74 bits per heavy atom. The lowest BCUT2D eigenvalue weighted by atomic mass is 10.1. The minimum atomic E-state index is 0.0218. The molecule has 7 heteroatoms. The van der Waals surface area contributed by atoms with Crippen molar-refractivity contribution in [3.05, 3.63) is 65.5 Å². The average molecular weight is 381 g/mol. The van der Waals surface area contributed by atoms with Crippen LogP contribution in [0.5, 0.6) is 11.5 Å². The summed E-state index contributed by atoms with van der Waals surface area (Å²) in [7, 11) is 0. The van der Waals surface area contributed by atoms with Crippen LogP contribution in [-0.4, -0.2) is 33.1 Å². The van der Waals surface area contributed by atoms with E-state index in [9.17, 15) is 4.79 Å². The minimum absolute atomic E-state index is 0.0218. The highest BCUT2D eigenvalue weighted by Gasteiger charge is 2.18. The van der Waals surface area contributed by atoms with Crippen molar-refractivity contribution in [1.29, 1.82) is 0 Å². The third-order valence-corrected chi connectivity index (χ3v) is 5.31. The highest BCUT2D eigenvalue weighted by atomic mass is 32.2. The molecule has 2 aromatic carbocycles. The van der Waals surface area contributed by atoms with Crippen LogP contribution in [0.2, 0.25) is 0 Å². The lowest BCUT2D eigenvalue weighted by Gasteiger charge is -2.07. The third kappa shape index (κ3) is 3.83. The molecule has 0 N–H and O–H groups in total. The van der Waals surface area contributed by atoms with Gasteiger partial charge in [0, 0.05) is 18.5 Å². The van der Waals surface area contributed by atoms with Crippen LogP contribution in [0.25, 0.3) is 0 Å². The zero-order valence-electron chi connectivity index (χ0n) is 14.9. The van der Waals surface area contributed by atoms with Crippen molar-refractivity contribution in [2.45, 2.75) is 25.0 Å². The molecule has 0 saturated carbocycles. The van der Waals surface area contributed by atoms with Gasteiger partial charge in [-0.3, -0.25) is 4.79 Å². The maximum Gasteiger partial charge on any atom is 0.231 e. The highest BCUT2D eigenvalue weighted by Crippen LogP contribution is 2.33. The van der Waals surface area contributed by atoms with Crippen LogP contribution in [-0.2, 0) is 13.0 Å². The van der Waals surface area contributed by atoms with E-state index in [-0.39, 0.29) is 12.6 Å². The molecule has 0 fully saturated rings. The van der Waals surface area contributed by atoms with Gasteiger partial charge in [0.15, 0.2) is 22.4 Å². The molecule has 138 valence electrons. The zero-order valence-corrected chi connectivity index (χ0v) is 15.7. The minimum Gasteiger partial charge on any atom is -0.454 e. The van der Waals surface area contributed by atoms with Crippen molar-refractivity contribution in [1.82, 2.24) is 14.8 Å². The molecule has 0 atom stereocenters. The van der Waals surface area contributed by atoms with Crippen molar-refractivity contribution in [2.24, 2.45) is 0 Å². The molecule has 0 spiro atoms. The zero-order chi connectivity index (χ0) is 18.6. The van der Waals surface area contributed by atoms with Crippen molar-refractivity contribution in [2.75, 3.05) is 12.5 Å². The molecule has 3 aromatic rings. The molecule has 4 rings (SSSR count). The summed E-state index contributed by atoms with van der Waals surface area (Å²) in [6.45, 7) is 3.02. The topological polar surface area (TPSA) is 66.2 Å². The predicted octanol–water partition coefficient (Wildman–Crippen LogP) is 3.59. The summed E-state index contributed by atoms with van der Waals surface area (Å²) in [6, 6.07) is 15.4. The van der Waals surface area contributed by atoms with Gasteiger partial charge >= 0.3 is 0 Å².